The summed E-state index contributed by atoms with van der Waals surface area (Å²) in [6, 6.07) is 23.2. The molecule has 0 spiro atoms. The molecular formula is C26H25NO3S2. The predicted molar refractivity (Wildman–Crippen MR) is 132 cm³/mol. The minimum Gasteiger partial charge on any atom is -0.497 e. The largest absolute Gasteiger partial charge is 0.497 e. The number of hydrogen-bond acceptors (Lipinski definition) is 4. The summed E-state index contributed by atoms with van der Waals surface area (Å²) in [5, 5.41) is 5.25. The lowest BCUT2D eigenvalue weighted by molar-refractivity contribution is 0.414. The Morgan fingerprint density at radius 1 is 1.06 bits per heavy atom. The summed E-state index contributed by atoms with van der Waals surface area (Å²) in [6.07, 6.45) is 3.04. The maximum Gasteiger partial charge on any atom is 0.238 e. The molecule has 1 aliphatic rings. The summed E-state index contributed by atoms with van der Waals surface area (Å²) >= 11 is 1.78. The molecule has 0 aromatic heterocycles. The van der Waals surface area contributed by atoms with Crippen LogP contribution in [0.15, 0.2) is 93.7 Å². The highest BCUT2D eigenvalue weighted by Crippen LogP contribution is 2.41. The smallest absolute Gasteiger partial charge is 0.238 e. The summed E-state index contributed by atoms with van der Waals surface area (Å²) in [5.41, 5.74) is 7.15. The van der Waals surface area contributed by atoms with Gasteiger partial charge in [-0.2, -0.15) is 0 Å². The van der Waals surface area contributed by atoms with Crippen molar-refractivity contribution in [1.82, 2.24) is 0 Å². The molecule has 0 bridgehead atoms. The van der Waals surface area contributed by atoms with E-state index in [2.05, 4.69) is 37.3 Å². The Hall–Kier alpha value is -2.80. The van der Waals surface area contributed by atoms with E-state index in [1.54, 1.807) is 43.1 Å². The molecular weight excluding hydrogens is 438 g/mol. The molecule has 0 unspecified atom stereocenters. The van der Waals surface area contributed by atoms with E-state index in [9.17, 15) is 8.42 Å². The molecule has 0 atom stereocenters. The van der Waals surface area contributed by atoms with Gasteiger partial charge >= 0.3 is 0 Å². The highest BCUT2D eigenvalue weighted by Gasteiger charge is 2.23. The molecule has 6 heteroatoms. The molecule has 0 heterocycles. The molecule has 0 fully saturated rings. The van der Waals surface area contributed by atoms with Crippen molar-refractivity contribution in [2.45, 2.75) is 23.1 Å². The number of allylic oxidation sites excluding steroid dienone is 2. The van der Waals surface area contributed by atoms with Crippen LogP contribution in [-0.4, -0.2) is 21.3 Å². The van der Waals surface area contributed by atoms with Crippen molar-refractivity contribution in [3.63, 3.8) is 0 Å². The Kier molecular flexibility index (Phi) is 6.55. The van der Waals surface area contributed by atoms with E-state index in [-0.39, 0.29) is 4.90 Å². The first-order valence-electron chi connectivity index (χ1n) is 10.2. The van der Waals surface area contributed by atoms with Crippen molar-refractivity contribution >= 4 is 33.4 Å². The number of sulfonamides is 1. The Morgan fingerprint density at radius 2 is 1.78 bits per heavy atom. The van der Waals surface area contributed by atoms with Crippen LogP contribution in [0.25, 0.3) is 11.6 Å². The van der Waals surface area contributed by atoms with Crippen LogP contribution in [-0.2, 0) is 16.4 Å². The average molecular weight is 464 g/mol. The highest BCUT2D eigenvalue weighted by atomic mass is 32.2. The summed E-state index contributed by atoms with van der Waals surface area (Å²) in [5.74, 6) is 1.62. The number of nitrogens with two attached hydrogens (primary N) is 1. The van der Waals surface area contributed by atoms with Crippen molar-refractivity contribution in [1.29, 1.82) is 0 Å². The molecule has 3 aromatic carbocycles. The summed E-state index contributed by atoms with van der Waals surface area (Å²) in [6.45, 7) is 2.17. The van der Waals surface area contributed by atoms with Crippen molar-refractivity contribution in [2.24, 2.45) is 5.14 Å². The zero-order chi connectivity index (χ0) is 22.7. The average Bonchev–Trinajstić information content (AvgIpc) is 3.11. The minimum atomic E-state index is -3.71. The fourth-order valence-electron chi connectivity index (χ4n) is 3.94. The maximum absolute atomic E-state index is 11.6. The number of hydrogen-bond donors (Lipinski definition) is 1. The first kappa shape index (κ1) is 22.4. The number of ether oxygens (including phenoxy) is 1. The fourth-order valence-corrected chi connectivity index (χ4v) is 5.35. The van der Waals surface area contributed by atoms with Crippen LogP contribution in [0.4, 0.5) is 0 Å². The molecule has 0 saturated carbocycles. The molecule has 0 radical (unpaired) electrons. The molecule has 0 amide bonds. The minimum absolute atomic E-state index is 0.112. The van der Waals surface area contributed by atoms with E-state index in [1.807, 2.05) is 24.3 Å². The molecule has 3 aromatic rings. The van der Waals surface area contributed by atoms with Crippen LogP contribution in [0.3, 0.4) is 0 Å². The van der Waals surface area contributed by atoms with Gasteiger partial charge in [-0.1, -0.05) is 48.0 Å². The monoisotopic (exact) mass is 463 g/mol. The summed E-state index contributed by atoms with van der Waals surface area (Å²) < 4.78 is 28.7. The molecule has 0 aliphatic heterocycles. The molecule has 0 saturated heterocycles. The van der Waals surface area contributed by atoms with Crippen molar-refractivity contribution in [2.75, 3.05) is 12.9 Å². The lowest BCUT2D eigenvalue weighted by atomic mass is 9.96. The zero-order valence-electron chi connectivity index (χ0n) is 18.0. The Bertz CT molecular complexity index is 1290. The van der Waals surface area contributed by atoms with Gasteiger partial charge in [-0.05, 0) is 77.6 Å². The highest BCUT2D eigenvalue weighted by molar-refractivity contribution is 7.99. The zero-order valence-corrected chi connectivity index (χ0v) is 19.7. The van der Waals surface area contributed by atoms with E-state index in [4.69, 9.17) is 9.88 Å². The second kappa shape index (κ2) is 9.36. The van der Waals surface area contributed by atoms with Crippen molar-refractivity contribution < 1.29 is 13.2 Å². The number of fused-ring (bicyclic) bond motifs is 1. The van der Waals surface area contributed by atoms with Gasteiger partial charge < -0.3 is 4.74 Å². The van der Waals surface area contributed by atoms with Crippen LogP contribution < -0.4 is 9.88 Å². The summed E-state index contributed by atoms with van der Waals surface area (Å²) in [7, 11) is -2.03. The van der Waals surface area contributed by atoms with Gasteiger partial charge in [0.2, 0.25) is 10.0 Å². The number of rotatable bonds is 7. The van der Waals surface area contributed by atoms with Gasteiger partial charge in [-0.3, -0.25) is 0 Å². The van der Waals surface area contributed by atoms with E-state index in [0.29, 0.717) is 0 Å². The predicted octanol–water partition coefficient (Wildman–Crippen LogP) is 5.55. The third-order valence-corrected chi connectivity index (χ3v) is 7.47. The molecule has 4 nitrogen and oxygen atoms in total. The molecule has 1 aliphatic carbocycles. The standard InChI is InChI=1S/C26H25NO3S2/c1-18-14-20-10-11-22(30-2)16-25(20)26(18)21(17-31-23-6-4-3-5-7-23)15-19-8-12-24(13-9-19)32(27,28)29/h3-13,15-16H,14,17H2,1-2H3,(H2,27,28,29). The van der Waals surface area contributed by atoms with Gasteiger partial charge in [-0.15, -0.1) is 11.8 Å². The first-order valence-corrected chi connectivity index (χ1v) is 12.8. The van der Waals surface area contributed by atoms with Crippen molar-refractivity contribution in [3.8, 4) is 5.75 Å². The van der Waals surface area contributed by atoms with Crippen LogP contribution >= 0.6 is 11.8 Å². The molecule has 4 rings (SSSR count). The lowest BCUT2D eigenvalue weighted by Gasteiger charge is -2.14. The Labute approximate surface area is 193 Å². The quantitative estimate of drug-likeness (QED) is 0.467. The van der Waals surface area contributed by atoms with Crippen LogP contribution in [0.2, 0.25) is 0 Å². The van der Waals surface area contributed by atoms with E-state index in [1.165, 1.54) is 32.7 Å². The van der Waals surface area contributed by atoms with E-state index in [0.717, 1.165) is 23.5 Å². The van der Waals surface area contributed by atoms with Gasteiger partial charge in [-0.25, -0.2) is 13.6 Å². The second-order valence-corrected chi connectivity index (χ2v) is 10.4. The first-order chi connectivity index (χ1) is 15.3. The Morgan fingerprint density at radius 3 is 2.44 bits per heavy atom. The maximum atomic E-state index is 11.6. The number of methoxy groups -OCH3 is 1. The summed E-state index contributed by atoms with van der Waals surface area (Å²) in [4.78, 5) is 1.31. The number of benzene rings is 3. The lowest BCUT2D eigenvalue weighted by Crippen LogP contribution is -2.11. The van der Waals surface area contributed by atoms with E-state index >= 15 is 0 Å². The fraction of sp³-hybridized carbons (Fsp3) is 0.154. The SMILES string of the molecule is COc1ccc2c(c1)C(C(=Cc1ccc(S(N)(=O)=O)cc1)CSc1ccccc1)=C(C)C2. The van der Waals surface area contributed by atoms with Crippen molar-refractivity contribution in [3.05, 3.63) is 101 Å². The van der Waals surface area contributed by atoms with E-state index < -0.39 is 10.0 Å². The van der Waals surface area contributed by atoms with Crippen LogP contribution in [0.1, 0.15) is 23.6 Å². The third kappa shape index (κ3) is 4.99. The van der Waals surface area contributed by atoms with Gasteiger partial charge in [0.25, 0.3) is 0 Å². The van der Waals surface area contributed by atoms with Crippen LogP contribution in [0.5, 0.6) is 5.75 Å². The second-order valence-electron chi connectivity index (χ2n) is 7.74. The molecule has 164 valence electrons. The third-order valence-electron chi connectivity index (χ3n) is 5.48. The van der Waals surface area contributed by atoms with Crippen LogP contribution in [0, 0.1) is 0 Å². The normalized spacial score (nSPS) is 13.9. The van der Waals surface area contributed by atoms with Gasteiger partial charge in [0.15, 0.2) is 0 Å². The van der Waals surface area contributed by atoms with Gasteiger partial charge in [0.05, 0.1) is 12.0 Å². The number of thioether (sulfide) groups is 1. The Balaban J connectivity index is 1.75. The van der Waals surface area contributed by atoms with Gasteiger partial charge in [0, 0.05) is 10.6 Å². The molecule has 32 heavy (non-hydrogen) atoms. The topological polar surface area (TPSA) is 69.4 Å². The van der Waals surface area contributed by atoms with Gasteiger partial charge in [0.1, 0.15) is 5.75 Å². The molecule has 2 N–H and O–H groups in total. The number of primary sulfonamides is 1.